The summed E-state index contributed by atoms with van der Waals surface area (Å²) in [5.41, 5.74) is 1.78. The molecule has 1 saturated carbocycles. The van der Waals surface area contributed by atoms with E-state index in [1.165, 1.54) is 7.11 Å². The lowest BCUT2D eigenvalue weighted by atomic mass is 9.86. The third-order valence-electron chi connectivity index (χ3n) is 10.3. The molecule has 0 atom stereocenters. The van der Waals surface area contributed by atoms with Gasteiger partial charge >= 0.3 is 6.09 Å². The van der Waals surface area contributed by atoms with Crippen molar-refractivity contribution in [1.82, 2.24) is 30.0 Å². The molecule has 1 aliphatic heterocycles. The van der Waals surface area contributed by atoms with Gasteiger partial charge in [0.1, 0.15) is 23.8 Å². The first-order chi connectivity index (χ1) is 27.3. The van der Waals surface area contributed by atoms with Gasteiger partial charge in [-0.05, 0) is 82.2 Å². The van der Waals surface area contributed by atoms with Gasteiger partial charge in [-0.1, -0.05) is 24.3 Å². The van der Waals surface area contributed by atoms with Gasteiger partial charge in [-0.3, -0.25) is 14.5 Å². The fourth-order valence-corrected chi connectivity index (χ4v) is 7.17. The van der Waals surface area contributed by atoms with Crippen LogP contribution in [0.4, 0.5) is 23.8 Å². The van der Waals surface area contributed by atoms with Crippen LogP contribution in [-0.2, 0) is 11.3 Å². The number of rotatable bonds is 10. The summed E-state index contributed by atoms with van der Waals surface area (Å²) in [7, 11) is 1.52. The number of nitrogens with zero attached hydrogens (tertiary/aromatic N) is 6. The Morgan fingerprint density at radius 3 is 2.35 bits per heavy atom. The van der Waals surface area contributed by atoms with E-state index in [4.69, 9.17) is 24.3 Å². The fraction of sp³-hybridized carbons (Fsp3) is 0.405. The Bertz CT molecular complexity index is 2230. The van der Waals surface area contributed by atoms with E-state index in [1.54, 1.807) is 41.6 Å². The van der Waals surface area contributed by atoms with Crippen molar-refractivity contribution in [2.24, 2.45) is 5.92 Å². The Labute approximate surface area is 328 Å². The first kappa shape index (κ1) is 39.4. The lowest BCUT2D eigenvalue weighted by Gasteiger charge is -2.36. The molecule has 12 nitrogen and oxygen atoms in total. The van der Waals surface area contributed by atoms with Gasteiger partial charge in [0.15, 0.2) is 17.4 Å². The molecule has 0 spiro atoms. The predicted molar refractivity (Wildman–Crippen MR) is 208 cm³/mol. The molecule has 2 aliphatic rings. The van der Waals surface area contributed by atoms with E-state index in [0.717, 1.165) is 53.7 Å². The van der Waals surface area contributed by atoms with Crippen LogP contribution in [0.15, 0.2) is 67.1 Å². The molecule has 15 heteroatoms. The summed E-state index contributed by atoms with van der Waals surface area (Å²) in [6.07, 6.45) is 8.38. The lowest BCUT2D eigenvalue weighted by molar-refractivity contribution is 0.0240. The van der Waals surface area contributed by atoms with Crippen molar-refractivity contribution < 1.29 is 37.0 Å². The van der Waals surface area contributed by atoms with Crippen LogP contribution >= 0.6 is 0 Å². The van der Waals surface area contributed by atoms with Gasteiger partial charge in [0.2, 0.25) is 5.82 Å². The van der Waals surface area contributed by atoms with Crippen LogP contribution in [0.1, 0.15) is 68.4 Å². The summed E-state index contributed by atoms with van der Waals surface area (Å²) in [5, 5.41) is 8.57. The summed E-state index contributed by atoms with van der Waals surface area (Å²) in [5.74, 6) is -4.51. The summed E-state index contributed by atoms with van der Waals surface area (Å²) < 4.78 is 62.5. The van der Waals surface area contributed by atoms with E-state index in [9.17, 15) is 22.8 Å². The number of aromatic nitrogens is 4. The van der Waals surface area contributed by atoms with E-state index in [0.29, 0.717) is 43.6 Å². The van der Waals surface area contributed by atoms with Crippen LogP contribution in [0.5, 0.6) is 11.5 Å². The molecule has 0 bridgehead atoms. The number of hydrogen-bond donors (Lipinski definition) is 1. The molecule has 2 aromatic heterocycles. The van der Waals surface area contributed by atoms with Crippen molar-refractivity contribution in [2.75, 3.05) is 44.7 Å². The number of nitrogens with one attached hydrogen (secondary N) is 1. The molecular formula is C42H46F3N7O5. The quantitative estimate of drug-likeness (QED) is 0.142. The predicted octanol–water partition coefficient (Wildman–Crippen LogP) is 7.72. The molecule has 3 heterocycles. The zero-order valence-electron chi connectivity index (χ0n) is 32.4. The average molecular weight is 786 g/mol. The molecule has 5 aromatic rings. The second kappa shape index (κ2) is 16.7. The van der Waals surface area contributed by atoms with E-state index < -0.39 is 40.3 Å². The smallest absolute Gasteiger partial charge is 0.410 e. The molecule has 7 rings (SSSR count). The van der Waals surface area contributed by atoms with Gasteiger partial charge in [0.25, 0.3) is 5.91 Å². The van der Waals surface area contributed by atoms with Crippen molar-refractivity contribution >= 4 is 28.7 Å². The van der Waals surface area contributed by atoms with Crippen LogP contribution in [0, 0.1) is 23.4 Å². The number of halogens is 3. The van der Waals surface area contributed by atoms with Gasteiger partial charge in [-0.15, -0.1) is 0 Å². The van der Waals surface area contributed by atoms with Gasteiger partial charge in [-0.2, -0.15) is 9.49 Å². The number of carbonyl (C=O) groups is 2. The topological polar surface area (TPSA) is 124 Å². The Hall–Kier alpha value is -5.86. The molecule has 0 radical (unpaired) electrons. The molecular weight excluding hydrogens is 739 g/mol. The molecule has 300 valence electrons. The van der Waals surface area contributed by atoms with E-state index in [-0.39, 0.29) is 31.2 Å². The number of carbonyl (C=O) groups excluding carboxylic acids is 2. The first-order valence-electron chi connectivity index (χ1n) is 19.1. The van der Waals surface area contributed by atoms with E-state index in [2.05, 4.69) is 15.2 Å². The largest absolute Gasteiger partial charge is 0.497 e. The van der Waals surface area contributed by atoms with Crippen molar-refractivity contribution in [3.05, 3.63) is 95.7 Å². The number of piperazine rings is 1. The van der Waals surface area contributed by atoms with Crippen molar-refractivity contribution in [2.45, 2.75) is 64.7 Å². The maximum absolute atomic E-state index is 15.0. The summed E-state index contributed by atoms with van der Waals surface area (Å²) >= 11 is 0. The monoisotopic (exact) mass is 785 g/mol. The van der Waals surface area contributed by atoms with Gasteiger partial charge in [-0.25, -0.2) is 18.6 Å². The normalized spacial score (nSPS) is 17.4. The minimum absolute atomic E-state index is 0.109. The maximum atomic E-state index is 15.0. The Morgan fingerprint density at radius 1 is 0.912 bits per heavy atom. The Kier molecular flexibility index (Phi) is 11.5. The number of benzene rings is 3. The highest BCUT2D eigenvalue weighted by molar-refractivity contribution is 5.94. The van der Waals surface area contributed by atoms with Gasteiger partial charge in [0.05, 0.1) is 42.3 Å². The van der Waals surface area contributed by atoms with Crippen LogP contribution in [0.2, 0.25) is 0 Å². The zero-order valence-corrected chi connectivity index (χ0v) is 32.4. The molecule has 57 heavy (non-hydrogen) atoms. The molecule has 3 aromatic carbocycles. The number of hydrogen-bond acceptors (Lipinski definition) is 9. The maximum Gasteiger partial charge on any atom is 0.410 e. The van der Waals surface area contributed by atoms with E-state index >= 15 is 0 Å². The molecule has 2 fully saturated rings. The Morgan fingerprint density at radius 2 is 1.65 bits per heavy atom. The number of ether oxygens (including phenoxy) is 3. The third kappa shape index (κ3) is 9.24. The lowest BCUT2D eigenvalue weighted by Crippen LogP contribution is -2.50. The molecule has 1 N–H and O–H groups in total. The first-order valence-corrected chi connectivity index (χ1v) is 19.1. The highest BCUT2D eigenvalue weighted by Crippen LogP contribution is 2.34. The zero-order chi connectivity index (χ0) is 40.3. The second-order valence-corrected chi connectivity index (χ2v) is 15.5. The summed E-state index contributed by atoms with van der Waals surface area (Å²) in [6, 6.07) is 13.5. The van der Waals surface area contributed by atoms with Crippen molar-refractivity contribution in [3.63, 3.8) is 0 Å². The molecule has 1 aliphatic carbocycles. The van der Waals surface area contributed by atoms with Crippen LogP contribution in [-0.4, -0.2) is 82.1 Å². The van der Waals surface area contributed by atoms with Gasteiger partial charge < -0.3 is 29.3 Å². The third-order valence-corrected chi connectivity index (χ3v) is 10.3. The molecule has 2 amide bonds. The fourth-order valence-electron chi connectivity index (χ4n) is 7.17. The summed E-state index contributed by atoms with van der Waals surface area (Å²) in [6.45, 7) is 7.90. The highest BCUT2D eigenvalue weighted by Gasteiger charge is 2.29. The number of methoxy groups -OCH3 is 1. The SMILES string of the molecule is COc1ccc(COc2c(F)cc(C(=O)NC[C@H]3CC[C@H](n4cc5ccc(-c6cncc(N7CCN(C(=O)OC(C)(C)C)CC7)n6)cc5n4)CC3)c(F)c2F)cc1. The van der Waals surface area contributed by atoms with E-state index in [1.807, 2.05) is 49.8 Å². The minimum atomic E-state index is -1.55. The molecule has 0 unspecified atom stereocenters. The van der Waals surface area contributed by atoms with Crippen molar-refractivity contribution in [1.29, 1.82) is 0 Å². The van der Waals surface area contributed by atoms with Crippen LogP contribution in [0.3, 0.4) is 0 Å². The summed E-state index contributed by atoms with van der Waals surface area (Å²) in [4.78, 5) is 38.6. The highest BCUT2D eigenvalue weighted by atomic mass is 19.2. The second-order valence-electron chi connectivity index (χ2n) is 15.5. The number of anilines is 1. The van der Waals surface area contributed by atoms with Crippen molar-refractivity contribution in [3.8, 4) is 22.8 Å². The number of fused-ring (bicyclic) bond motifs is 1. The van der Waals surface area contributed by atoms with Crippen LogP contribution in [0.25, 0.3) is 22.2 Å². The van der Waals surface area contributed by atoms with Crippen LogP contribution < -0.4 is 19.7 Å². The van der Waals surface area contributed by atoms with Gasteiger partial charge in [0, 0.05) is 49.9 Å². The molecule has 1 saturated heterocycles. The standard InChI is InChI=1S/C42H46F3N7O5/c1-42(2,3)57-41(54)51-17-15-50(16-18-51)36-23-46-22-35(48-36)28-9-10-29-24-52(49-34(29)19-28)30-11-5-26(6-12-30)21-47-40(53)32-20-33(43)39(38(45)37(32)44)56-25-27-7-13-31(55-4)14-8-27/h7-10,13-14,19-20,22-24,26,30H,5-6,11-12,15-18,21,25H2,1-4H3,(H,47,53)/t26-,30-. The average Bonchev–Trinajstić information content (AvgIpc) is 3.65. The number of amides is 2. The minimum Gasteiger partial charge on any atom is -0.497 e. The Balaban J connectivity index is 0.911.